The van der Waals surface area contributed by atoms with Crippen molar-refractivity contribution < 1.29 is 42.7 Å². The van der Waals surface area contributed by atoms with E-state index in [0.29, 0.717) is 79.9 Å². The molecule has 2 fully saturated rings. The van der Waals surface area contributed by atoms with Crippen molar-refractivity contribution in [1.82, 2.24) is 4.90 Å². The molecular weight excluding hydrogens is 662 g/mol. The van der Waals surface area contributed by atoms with Crippen molar-refractivity contribution in [2.45, 2.75) is 88.7 Å². The van der Waals surface area contributed by atoms with E-state index in [9.17, 15) is 9.59 Å². The highest BCUT2D eigenvalue weighted by Crippen LogP contribution is 2.45. The number of hydrogen-bond donors (Lipinski definition) is 0. The van der Waals surface area contributed by atoms with E-state index in [1.807, 2.05) is 54.6 Å². The highest BCUT2D eigenvalue weighted by Gasteiger charge is 2.41. The van der Waals surface area contributed by atoms with E-state index in [0.717, 1.165) is 61.6 Å². The summed E-state index contributed by atoms with van der Waals surface area (Å²) < 4.78 is 41.5. The van der Waals surface area contributed by atoms with Gasteiger partial charge in [-0.15, -0.1) is 0 Å². The highest BCUT2D eigenvalue weighted by atomic mass is 16.5. The normalized spacial score (nSPS) is 21.7. The van der Waals surface area contributed by atoms with Crippen molar-refractivity contribution in [3.05, 3.63) is 71.3 Å². The number of hydrogen-bond acceptors (Lipinski definition) is 9. The summed E-state index contributed by atoms with van der Waals surface area (Å²) in [5.74, 6) is 2.76. The Kier molecular flexibility index (Phi) is 12.7. The number of amides is 1. The number of esters is 1. The van der Waals surface area contributed by atoms with Crippen LogP contribution in [0.5, 0.6) is 34.5 Å². The van der Waals surface area contributed by atoms with Crippen LogP contribution in [-0.2, 0) is 20.7 Å². The molecule has 6 rings (SSSR count). The number of benzene rings is 3. The Labute approximate surface area is 307 Å². The van der Waals surface area contributed by atoms with Crippen molar-refractivity contribution in [3.8, 4) is 34.5 Å². The maximum absolute atomic E-state index is 15.0. The van der Waals surface area contributed by atoms with Crippen LogP contribution < -0.4 is 28.4 Å². The maximum Gasteiger partial charge on any atom is 0.329 e. The standard InChI is InChI=1S/C42H53NO9/c1-46-35-20-18-28(24-36(35)47-2)17-19-34-30-14-10-15-32(25-30)50-22-11-23-51-38-27-31(26-37(48-3)40(38)49-4)39(29-12-6-5-7-13-29)41(44)43-21-9-8-16-33(43)42(45)52-34/h10,14-15,18,20,24-27,29,33-34,39H,5-9,11-13,16-17,19,21-23H2,1-4H3/t33-,34+,39-/m0/s1. The highest BCUT2D eigenvalue weighted by molar-refractivity contribution is 5.89. The molecule has 0 radical (unpaired) electrons. The first-order chi connectivity index (χ1) is 25.4. The molecule has 3 aromatic carbocycles. The van der Waals surface area contributed by atoms with Gasteiger partial charge in [-0.3, -0.25) is 4.79 Å². The van der Waals surface area contributed by atoms with Gasteiger partial charge in [0.05, 0.1) is 47.6 Å². The second kappa shape index (κ2) is 17.8. The number of ether oxygens (including phenoxy) is 7. The minimum Gasteiger partial charge on any atom is -0.493 e. The number of rotatable bonds is 8. The number of nitrogens with zero attached hydrogens (tertiary/aromatic N) is 1. The van der Waals surface area contributed by atoms with Gasteiger partial charge >= 0.3 is 5.97 Å². The molecule has 10 nitrogen and oxygen atoms in total. The summed E-state index contributed by atoms with van der Waals surface area (Å²) >= 11 is 0. The average Bonchev–Trinajstić information content (AvgIpc) is 3.19. The second-order valence-corrected chi connectivity index (χ2v) is 14.0. The molecule has 2 aliphatic heterocycles. The average molecular weight is 716 g/mol. The van der Waals surface area contributed by atoms with E-state index in [1.165, 1.54) is 0 Å². The summed E-state index contributed by atoms with van der Waals surface area (Å²) in [4.78, 5) is 31.2. The van der Waals surface area contributed by atoms with Crippen LogP contribution in [-0.4, -0.2) is 71.0 Å². The van der Waals surface area contributed by atoms with Crippen LogP contribution in [0, 0.1) is 5.92 Å². The van der Waals surface area contributed by atoms with E-state index in [2.05, 4.69) is 0 Å². The lowest BCUT2D eigenvalue weighted by Gasteiger charge is -2.40. The van der Waals surface area contributed by atoms with Gasteiger partial charge in [0.1, 0.15) is 17.9 Å². The van der Waals surface area contributed by atoms with E-state index >= 15 is 0 Å². The maximum atomic E-state index is 15.0. The third kappa shape index (κ3) is 8.54. The van der Waals surface area contributed by atoms with Crippen LogP contribution in [0.15, 0.2) is 54.6 Å². The minimum atomic E-state index is -0.690. The number of methoxy groups -OCH3 is 4. The molecule has 0 spiro atoms. The molecule has 0 aromatic heterocycles. The summed E-state index contributed by atoms with van der Waals surface area (Å²) in [7, 11) is 6.42. The fourth-order valence-electron chi connectivity index (χ4n) is 8.02. The molecule has 1 saturated heterocycles. The second-order valence-electron chi connectivity index (χ2n) is 14.0. The fraction of sp³-hybridized carbons (Fsp3) is 0.524. The summed E-state index contributed by atoms with van der Waals surface area (Å²) in [6.45, 7) is 1.29. The number of aryl methyl sites for hydroxylation is 1. The molecule has 280 valence electrons. The number of fused-ring (bicyclic) bond motifs is 5. The van der Waals surface area contributed by atoms with Gasteiger partial charge in [-0.05, 0) is 104 Å². The molecule has 52 heavy (non-hydrogen) atoms. The molecule has 3 atom stereocenters. The third-order valence-corrected chi connectivity index (χ3v) is 10.7. The summed E-state index contributed by atoms with van der Waals surface area (Å²) in [5, 5.41) is 0. The van der Waals surface area contributed by atoms with Gasteiger partial charge in [-0.25, -0.2) is 4.79 Å². The topological polar surface area (TPSA) is 102 Å². The molecule has 4 bridgehead atoms. The predicted molar refractivity (Wildman–Crippen MR) is 197 cm³/mol. The quantitative estimate of drug-likeness (QED) is 0.216. The van der Waals surface area contributed by atoms with Gasteiger partial charge < -0.3 is 38.1 Å². The molecule has 0 unspecified atom stereocenters. The Hall–Kier alpha value is -4.60. The number of cyclic esters (lactones) is 1. The smallest absolute Gasteiger partial charge is 0.329 e. The summed E-state index contributed by atoms with van der Waals surface area (Å²) in [6, 6.07) is 16.7. The SMILES string of the molecule is COc1ccc(CC[C@H]2OC(=O)[C@@H]3CCCCN3C(=O)[C@@H](C3CCCCC3)c3cc(OC)c(OC)c(c3)OCCCOc3cccc2c3)cc1OC. The zero-order valence-corrected chi connectivity index (χ0v) is 31.0. The van der Waals surface area contributed by atoms with Crippen molar-refractivity contribution in [2.24, 2.45) is 5.92 Å². The van der Waals surface area contributed by atoms with Crippen molar-refractivity contribution >= 4 is 11.9 Å². The third-order valence-electron chi connectivity index (χ3n) is 10.7. The predicted octanol–water partition coefficient (Wildman–Crippen LogP) is 7.84. The fourth-order valence-corrected chi connectivity index (χ4v) is 8.02. The van der Waals surface area contributed by atoms with Crippen molar-refractivity contribution in [3.63, 3.8) is 0 Å². The largest absolute Gasteiger partial charge is 0.493 e. The molecule has 1 saturated carbocycles. The Morgan fingerprint density at radius 2 is 1.48 bits per heavy atom. The van der Waals surface area contributed by atoms with Gasteiger partial charge in [-0.2, -0.15) is 0 Å². The molecule has 3 aromatic rings. The summed E-state index contributed by atoms with van der Waals surface area (Å²) in [6.07, 6.45) is 8.59. The molecule has 1 amide bonds. The first-order valence-electron chi connectivity index (χ1n) is 18.8. The van der Waals surface area contributed by atoms with Gasteiger partial charge in [0.25, 0.3) is 0 Å². The van der Waals surface area contributed by atoms with Crippen LogP contribution in [0.4, 0.5) is 0 Å². The van der Waals surface area contributed by atoms with Crippen LogP contribution in [0.2, 0.25) is 0 Å². The Bertz CT molecular complexity index is 1670. The van der Waals surface area contributed by atoms with Gasteiger partial charge in [0.15, 0.2) is 23.0 Å². The monoisotopic (exact) mass is 715 g/mol. The van der Waals surface area contributed by atoms with E-state index in [1.54, 1.807) is 33.3 Å². The molecule has 10 heteroatoms. The van der Waals surface area contributed by atoms with E-state index in [-0.39, 0.29) is 17.8 Å². The number of carbonyl (C=O) groups excluding carboxylic acids is 2. The lowest BCUT2D eigenvalue weighted by atomic mass is 9.75. The van der Waals surface area contributed by atoms with Gasteiger partial charge in [-0.1, -0.05) is 37.5 Å². The zero-order valence-electron chi connectivity index (χ0n) is 31.0. The summed E-state index contributed by atoms with van der Waals surface area (Å²) in [5.41, 5.74) is 2.69. The Morgan fingerprint density at radius 1 is 0.712 bits per heavy atom. The Morgan fingerprint density at radius 3 is 2.25 bits per heavy atom. The van der Waals surface area contributed by atoms with Crippen molar-refractivity contribution in [1.29, 1.82) is 0 Å². The van der Waals surface area contributed by atoms with Gasteiger partial charge in [0, 0.05) is 13.0 Å². The van der Waals surface area contributed by atoms with Crippen LogP contribution in [0.3, 0.4) is 0 Å². The lowest BCUT2D eigenvalue weighted by Crippen LogP contribution is -2.51. The zero-order chi connectivity index (χ0) is 36.5. The molecule has 3 aliphatic rings. The van der Waals surface area contributed by atoms with Crippen LogP contribution in [0.25, 0.3) is 0 Å². The minimum absolute atomic E-state index is 0.0369. The number of carbonyl (C=O) groups is 2. The van der Waals surface area contributed by atoms with E-state index < -0.39 is 18.1 Å². The molecular formula is C42H53NO9. The molecule has 1 aliphatic carbocycles. The molecule has 2 heterocycles. The lowest BCUT2D eigenvalue weighted by molar-refractivity contribution is -0.163. The molecule has 0 N–H and O–H groups in total. The first-order valence-corrected chi connectivity index (χ1v) is 18.8. The van der Waals surface area contributed by atoms with Crippen molar-refractivity contribution in [2.75, 3.05) is 48.2 Å². The van der Waals surface area contributed by atoms with E-state index in [4.69, 9.17) is 33.2 Å². The first kappa shape index (κ1) is 37.2. The van der Waals surface area contributed by atoms with Crippen LogP contribution >= 0.6 is 0 Å². The van der Waals surface area contributed by atoms with Crippen LogP contribution in [0.1, 0.15) is 92.9 Å². The number of piperidine rings is 1. The van der Waals surface area contributed by atoms with Gasteiger partial charge in [0.2, 0.25) is 11.7 Å². The Balaban J connectivity index is 1.36.